The van der Waals surface area contributed by atoms with Gasteiger partial charge >= 0.3 is 0 Å². The number of thioether (sulfide) groups is 1. The molecule has 0 aliphatic carbocycles. The predicted molar refractivity (Wildman–Crippen MR) is 166 cm³/mol. The average Bonchev–Trinajstić information content (AvgIpc) is 3.45. The van der Waals surface area contributed by atoms with Crippen LogP contribution in [0.25, 0.3) is 5.69 Å². The number of tetrazole rings is 1. The van der Waals surface area contributed by atoms with Crippen LogP contribution >= 0.6 is 35.3 Å². The molecule has 9 heteroatoms. The molecule has 40 heavy (non-hydrogen) atoms. The molecule has 4 aromatic rings. The molecule has 0 bridgehead atoms. The molecule has 0 aliphatic rings. The van der Waals surface area contributed by atoms with Crippen LogP contribution in [-0.2, 0) is 0 Å². The van der Waals surface area contributed by atoms with E-state index in [1.165, 1.54) is 81.3 Å². The first-order valence-electron chi connectivity index (χ1n) is 14.1. The number of para-hydroxylation sites is 1. The van der Waals surface area contributed by atoms with Crippen molar-refractivity contribution in [3.8, 4) is 17.2 Å². The van der Waals surface area contributed by atoms with Gasteiger partial charge < -0.3 is 10.2 Å². The summed E-state index contributed by atoms with van der Waals surface area (Å²) in [6.45, 7) is 2.26. The summed E-state index contributed by atoms with van der Waals surface area (Å²) in [6, 6.07) is 21.2. The lowest BCUT2D eigenvalue weighted by Crippen LogP contribution is -1.98. The molecule has 3 aromatic carbocycles. The summed E-state index contributed by atoms with van der Waals surface area (Å²) in [5.41, 5.74) is 0.819. The zero-order valence-electron chi connectivity index (χ0n) is 23.0. The van der Waals surface area contributed by atoms with Gasteiger partial charge in [0.2, 0.25) is 5.16 Å². The molecule has 0 aliphatic heterocycles. The lowest BCUT2D eigenvalue weighted by atomic mass is 10.1. The molecule has 0 atom stereocenters. The third-order valence-electron chi connectivity index (χ3n) is 6.51. The largest absolute Gasteiger partial charge is 0.507 e. The lowest BCUT2D eigenvalue weighted by molar-refractivity contribution is 0.423. The maximum Gasteiger partial charge on any atom is 0.219 e. The molecule has 0 radical (unpaired) electrons. The summed E-state index contributed by atoms with van der Waals surface area (Å²) in [7, 11) is 0. The molecule has 1 heterocycles. The Morgan fingerprint density at radius 1 is 0.725 bits per heavy atom. The maximum absolute atomic E-state index is 11.4. The highest BCUT2D eigenvalue weighted by molar-refractivity contribution is 8.02. The van der Waals surface area contributed by atoms with Crippen molar-refractivity contribution in [3.05, 3.63) is 66.7 Å². The highest BCUT2D eigenvalue weighted by Crippen LogP contribution is 2.51. The van der Waals surface area contributed by atoms with Gasteiger partial charge in [0.25, 0.3) is 0 Å². The maximum atomic E-state index is 11.4. The van der Waals surface area contributed by atoms with Gasteiger partial charge in [0.05, 0.1) is 20.4 Å². The monoisotopic (exact) mass is 594 g/mol. The van der Waals surface area contributed by atoms with Gasteiger partial charge in [-0.25, -0.2) is 0 Å². The molecule has 1 aromatic heterocycles. The van der Waals surface area contributed by atoms with E-state index in [-0.39, 0.29) is 11.5 Å². The van der Waals surface area contributed by atoms with Gasteiger partial charge in [-0.2, -0.15) is 4.68 Å². The molecule has 0 spiro atoms. The normalized spacial score (nSPS) is 11.2. The quantitative estimate of drug-likeness (QED) is 0.0710. The van der Waals surface area contributed by atoms with Crippen LogP contribution in [0.5, 0.6) is 11.5 Å². The fourth-order valence-corrected chi connectivity index (χ4v) is 7.43. The standard InChI is InChI=1S/C31H38N4O2S3/c1-2-3-4-5-6-7-8-9-10-17-22-38-27-23-26(36)29(30(28(27)37)39-25-20-15-12-16-21-25)40-31-32-33-34-35(31)24-18-13-11-14-19-24/h11-16,18-21,23,36-37H,2-10,17,22H2,1H3. The molecular formula is C31H38N4O2S3. The summed E-state index contributed by atoms with van der Waals surface area (Å²) < 4.78 is 1.63. The Morgan fingerprint density at radius 2 is 1.35 bits per heavy atom. The van der Waals surface area contributed by atoms with E-state index in [0.717, 1.165) is 22.8 Å². The second-order valence-electron chi connectivity index (χ2n) is 9.66. The minimum absolute atomic E-state index is 0.106. The number of aromatic hydroxyl groups is 2. The van der Waals surface area contributed by atoms with E-state index in [0.29, 0.717) is 19.8 Å². The number of benzene rings is 3. The van der Waals surface area contributed by atoms with E-state index in [4.69, 9.17) is 0 Å². The number of hydrogen-bond donors (Lipinski definition) is 2. The zero-order chi connectivity index (χ0) is 28.0. The molecule has 0 saturated carbocycles. The van der Waals surface area contributed by atoms with Gasteiger partial charge in [0.1, 0.15) is 11.5 Å². The molecule has 212 valence electrons. The van der Waals surface area contributed by atoms with Crippen molar-refractivity contribution in [2.75, 3.05) is 5.75 Å². The summed E-state index contributed by atoms with van der Waals surface area (Å²) in [6.07, 6.45) is 12.9. The molecule has 0 fully saturated rings. The SMILES string of the molecule is CCCCCCCCCCCCSc1cc(O)c(Sc2nnnn2-c2ccccc2)c(Sc2ccccc2)c1O. The van der Waals surface area contributed by atoms with E-state index in [1.807, 2.05) is 60.7 Å². The van der Waals surface area contributed by atoms with Crippen LogP contribution in [0.15, 0.2) is 91.5 Å². The Kier molecular flexibility index (Phi) is 12.6. The predicted octanol–water partition coefficient (Wildman–Crippen LogP) is 9.39. The van der Waals surface area contributed by atoms with E-state index in [1.54, 1.807) is 22.5 Å². The fourth-order valence-electron chi connectivity index (χ4n) is 4.34. The van der Waals surface area contributed by atoms with E-state index >= 15 is 0 Å². The van der Waals surface area contributed by atoms with E-state index in [9.17, 15) is 10.2 Å². The lowest BCUT2D eigenvalue weighted by Gasteiger charge is -2.16. The van der Waals surface area contributed by atoms with Gasteiger partial charge in [-0.3, -0.25) is 0 Å². The van der Waals surface area contributed by atoms with Crippen LogP contribution in [-0.4, -0.2) is 36.2 Å². The Hall–Kier alpha value is -2.62. The molecule has 4 rings (SSSR count). The Bertz CT molecular complexity index is 1300. The molecule has 2 N–H and O–H groups in total. The average molecular weight is 595 g/mol. The number of nitrogens with zero attached hydrogens (tertiary/aromatic N) is 4. The van der Waals surface area contributed by atoms with Crippen molar-refractivity contribution >= 4 is 35.3 Å². The third kappa shape index (κ3) is 8.94. The van der Waals surface area contributed by atoms with Crippen LogP contribution < -0.4 is 0 Å². The Labute approximate surface area is 250 Å². The summed E-state index contributed by atoms with van der Waals surface area (Å²) >= 11 is 4.28. The van der Waals surface area contributed by atoms with Crippen molar-refractivity contribution in [2.45, 2.75) is 95.9 Å². The van der Waals surface area contributed by atoms with Crippen LogP contribution in [0, 0.1) is 0 Å². The van der Waals surface area contributed by atoms with Gasteiger partial charge in [-0.05, 0) is 64.7 Å². The number of aromatic nitrogens is 4. The summed E-state index contributed by atoms with van der Waals surface area (Å²) in [5, 5.41) is 35.3. The molecule has 0 amide bonds. The first kappa shape index (κ1) is 30.3. The highest BCUT2D eigenvalue weighted by atomic mass is 32.2. The Morgan fingerprint density at radius 3 is 2.02 bits per heavy atom. The third-order valence-corrected chi connectivity index (χ3v) is 9.92. The Balaban J connectivity index is 1.43. The molecule has 6 nitrogen and oxygen atoms in total. The number of phenolic OH excluding ortho intramolecular Hbond substituents is 2. The number of rotatable bonds is 17. The molecular weight excluding hydrogens is 557 g/mol. The van der Waals surface area contributed by atoms with Gasteiger partial charge in [0.15, 0.2) is 0 Å². The minimum atomic E-state index is 0.106. The zero-order valence-corrected chi connectivity index (χ0v) is 25.5. The van der Waals surface area contributed by atoms with Crippen molar-refractivity contribution in [2.24, 2.45) is 0 Å². The van der Waals surface area contributed by atoms with Crippen LogP contribution in [0.4, 0.5) is 0 Å². The number of hydrogen-bond acceptors (Lipinski definition) is 8. The van der Waals surface area contributed by atoms with Crippen molar-refractivity contribution in [1.82, 2.24) is 20.2 Å². The molecule has 0 saturated heterocycles. The van der Waals surface area contributed by atoms with E-state index < -0.39 is 0 Å². The molecule has 0 unspecified atom stereocenters. The smallest absolute Gasteiger partial charge is 0.219 e. The number of phenols is 2. The fraction of sp³-hybridized carbons (Fsp3) is 0.387. The first-order chi connectivity index (χ1) is 19.7. The summed E-state index contributed by atoms with van der Waals surface area (Å²) in [5.74, 6) is 1.19. The van der Waals surface area contributed by atoms with Gasteiger partial charge in [-0.1, -0.05) is 113 Å². The number of unbranched alkanes of at least 4 members (excludes halogenated alkanes) is 9. The van der Waals surface area contributed by atoms with Gasteiger partial charge in [-0.15, -0.1) is 16.9 Å². The van der Waals surface area contributed by atoms with Crippen molar-refractivity contribution in [3.63, 3.8) is 0 Å². The topological polar surface area (TPSA) is 84.1 Å². The van der Waals surface area contributed by atoms with E-state index in [2.05, 4.69) is 22.4 Å². The highest BCUT2D eigenvalue weighted by Gasteiger charge is 2.23. The second kappa shape index (κ2) is 16.6. The first-order valence-corrected chi connectivity index (χ1v) is 16.8. The van der Waals surface area contributed by atoms with Gasteiger partial charge in [0, 0.05) is 4.90 Å². The minimum Gasteiger partial charge on any atom is -0.507 e. The van der Waals surface area contributed by atoms with Crippen LogP contribution in [0.2, 0.25) is 0 Å². The second-order valence-corrected chi connectivity index (χ2v) is 12.9. The van der Waals surface area contributed by atoms with Crippen molar-refractivity contribution < 1.29 is 10.2 Å². The van der Waals surface area contributed by atoms with Crippen molar-refractivity contribution in [1.29, 1.82) is 0 Å². The van der Waals surface area contributed by atoms with Crippen LogP contribution in [0.3, 0.4) is 0 Å². The summed E-state index contributed by atoms with van der Waals surface area (Å²) in [4.78, 5) is 2.79. The van der Waals surface area contributed by atoms with Crippen LogP contribution in [0.1, 0.15) is 71.1 Å².